The maximum absolute atomic E-state index is 12.7. The first-order chi connectivity index (χ1) is 12.1. The standard InChI is InChI=1S/C20H17NO4/c1-2-15-16(20(24)25)18(22)19(23)21(15)17-13-9-5-3-7-11(13)12-8-4-6-10-14(12)17/h3-10,15-17H,2H2,1H3,(H,24,25). The van der Waals surface area contributed by atoms with Gasteiger partial charge in [0.1, 0.15) is 5.92 Å². The van der Waals surface area contributed by atoms with E-state index in [2.05, 4.69) is 0 Å². The molecule has 25 heavy (non-hydrogen) atoms. The van der Waals surface area contributed by atoms with Crippen molar-refractivity contribution in [1.82, 2.24) is 4.90 Å². The van der Waals surface area contributed by atoms with E-state index in [0.29, 0.717) is 6.42 Å². The van der Waals surface area contributed by atoms with E-state index in [9.17, 15) is 19.5 Å². The van der Waals surface area contributed by atoms with Crippen molar-refractivity contribution in [3.8, 4) is 11.1 Å². The van der Waals surface area contributed by atoms with Crippen molar-refractivity contribution < 1.29 is 19.5 Å². The molecule has 0 bridgehead atoms. The van der Waals surface area contributed by atoms with Gasteiger partial charge in [0.2, 0.25) is 5.78 Å². The SMILES string of the molecule is CCC1C(C(=O)O)C(=O)C(=O)N1C1c2ccccc2-c2ccccc21. The van der Waals surface area contributed by atoms with Crippen molar-refractivity contribution in [3.05, 3.63) is 59.7 Å². The zero-order chi connectivity index (χ0) is 17.7. The molecule has 2 aromatic carbocycles. The first kappa shape index (κ1) is 15.6. The highest BCUT2D eigenvalue weighted by Crippen LogP contribution is 2.49. The van der Waals surface area contributed by atoms with Crippen LogP contribution in [0.2, 0.25) is 0 Å². The molecule has 1 N–H and O–H groups in total. The molecule has 126 valence electrons. The van der Waals surface area contributed by atoms with Crippen LogP contribution in [0.3, 0.4) is 0 Å². The second kappa shape index (κ2) is 5.55. The number of aliphatic carboxylic acids is 1. The van der Waals surface area contributed by atoms with E-state index >= 15 is 0 Å². The third kappa shape index (κ3) is 2.05. The number of hydrogen-bond acceptors (Lipinski definition) is 3. The van der Waals surface area contributed by atoms with E-state index in [1.807, 2.05) is 55.5 Å². The predicted molar refractivity (Wildman–Crippen MR) is 90.8 cm³/mol. The number of carbonyl (C=O) groups excluding carboxylic acids is 2. The Bertz CT molecular complexity index is 859. The van der Waals surface area contributed by atoms with Gasteiger partial charge in [0.15, 0.2) is 0 Å². The number of likely N-dealkylation sites (tertiary alicyclic amines) is 1. The Balaban J connectivity index is 1.91. The highest BCUT2D eigenvalue weighted by atomic mass is 16.4. The molecule has 0 saturated carbocycles. The summed E-state index contributed by atoms with van der Waals surface area (Å²) >= 11 is 0. The molecule has 2 aromatic rings. The predicted octanol–water partition coefficient (Wildman–Crippen LogP) is 2.65. The Morgan fingerprint density at radius 3 is 2.00 bits per heavy atom. The van der Waals surface area contributed by atoms with Crippen LogP contribution < -0.4 is 0 Å². The second-order valence-electron chi connectivity index (χ2n) is 6.45. The Morgan fingerprint density at radius 1 is 1.00 bits per heavy atom. The van der Waals surface area contributed by atoms with Gasteiger partial charge in [-0.1, -0.05) is 55.5 Å². The van der Waals surface area contributed by atoms with Crippen molar-refractivity contribution in [3.63, 3.8) is 0 Å². The van der Waals surface area contributed by atoms with E-state index in [-0.39, 0.29) is 0 Å². The summed E-state index contributed by atoms with van der Waals surface area (Å²) in [4.78, 5) is 38.1. The number of carboxylic acids is 1. The molecule has 1 fully saturated rings. The average molecular weight is 335 g/mol. The van der Waals surface area contributed by atoms with Gasteiger partial charge in [-0.05, 0) is 28.7 Å². The molecule has 2 atom stereocenters. The van der Waals surface area contributed by atoms with Gasteiger partial charge in [0, 0.05) is 0 Å². The van der Waals surface area contributed by atoms with Gasteiger partial charge >= 0.3 is 5.97 Å². The number of Topliss-reactive ketones (excluding diaryl/α,β-unsaturated/α-hetero) is 1. The fraction of sp³-hybridized carbons (Fsp3) is 0.250. The summed E-state index contributed by atoms with van der Waals surface area (Å²) < 4.78 is 0. The van der Waals surface area contributed by atoms with Gasteiger partial charge in [0.05, 0.1) is 12.1 Å². The largest absolute Gasteiger partial charge is 0.481 e. The molecule has 0 spiro atoms. The molecule has 2 unspecified atom stereocenters. The zero-order valence-corrected chi connectivity index (χ0v) is 13.7. The molecule has 1 heterocycles. The monoisotopic (exact) mass is 335 g/mol. The average Bonchev–Trinajstić information content (AvgIpc) is 3.07. The van der Waals surface area contributed by atoms with E-state index in [4.69, 9.17) is 0 Å². The number of fused-ring (bicyclic) bond motifs is 3. The molecule has 5 nitrogen and oxygen atoms in total. The normalized spacial score (nSPS) is 22.2. The van der Waals surface area contributed by atoms with Gasteiger partial charge in [-0.2, -0.15) is 0 Å². The van der Waals surface area contributed by atoms with Crippen molar-refractivity contribution >= 4 is 17.7 Å². The minimum absolute atomic E-state index is 0.412. The van der Waals surface area contributed by atoms with E-state index in [1.165, 1.54) is 4.90 Å². The highest BCUT2D eigenvalue weighted by molar-refractivity contribution is 6.42. The summed E-state index contributed by atoms with van der Waals surface area (Å²) in [5.41, 5.74) is 3.93. The summed E-state index contributed by atoms with van der Waals surface area (Å²) in [6, 6.07) is 14.5. The minimum atomic E-state index is -1.29. The number of rotatable bonds is 3. The lowest BCUT2D eigenvalue weighted by Crippen LogP contribution is -2.39. The highest BCUT2D eigenvalue weighted by Gasteiger charge is 2.54. The molecular formula is C20H17NO4. The van der Waals surface area contributed by atoms with Gasteiger partial charge in [0.25, 0.3) is 5.91 Å². The van der Waals surface area contributed by atoms with Crippen molar-refractivity contribution in [2.45, 2.75) is 25.4 Å². The molecule has 4 rings (SSSR count). The molecule has 5 heteroatoms. The molecule has 0 aromatic heterocycles. The van der Waals surface area contributed by atoms with E-state index in [1.54, 1.807) is 0 Å². The van der Waals surface area contributed by atoms with E-state index in [0.717, 1.165) is 22.3 Å². The van der Waals surface area contributed by atoms with Crippen LogP contribution >= 0.6 is 0 Å². The molecular weight excluding hydrogens is 318 g/mol. The first-order valence-corrected chi connectivity index (χ1v) is 8.33. The minimum Gasteiger partial charge on any atom is -0.481 e. The van der Waals surface area contributed by atoms with Crippen molar-refractivity contribution in [2.75, 3.05) is 0 Å². The summed E-state index contributed by atoms with van der Waals surface area (Å²) in [5, 5.41) is 9.45. The van der Waals surface area contributed by atoms with Crippen LogP contribution in [0.1, 0.15) is 30.5 Å². The number of ketones is 1. The lowest BCUT2D eigenvalue weighted by atomic mass is 9.95. The van der Waals surface area contributed by atoms with Gasteiger partial charge in [-0.15, -0.1) is 0 Å². The fourth-order valence-corrected chi connectivity index (χ4v) is 4.19. The molecule has 1 aliphatic heterocycles. The Kier molecular flexibility index (Phi) is 3.46. The molecule has 2 aliphatic rings. The van der Waals surface area contributed by atoms with Gasteiger partial charge in [-0.3, -0.25) is 14.4 Å². The maximum Gasteiger partial charge on any atom is 0.316 e. The second-order valence-corrected chi connectivity index (χ2v) is 6.45. The van der Waals surface area contributed by atoms with Crippen LogP contribution in [-0.4, -0.2) is 33.7 Å². The Hall–Kier alpha value is -2.95. The lowest BCUT2D eigenvalue weighted by Gasteiger charge is -2.32. The van der Waals surface area contributed by atoms with Crippen LogP contribution in [0, 0.1) is 5.92 Å². The number of carbonyl (C=O) groups is 3. The quantitative estimate of drug-likeness (QED) is 0.691. The molecule has 1 amide bonds. The summed E-state index contributed by atoms with van der Waals surface area (Å²) in [6.45, 7) is 1.81. The van der Waals surface area contributed by atoms with Crippen LogP contribution in [0.5, 0.6) is 0 Å². The van der Waals surface area contributed by atoms with Gasteiger partial charge in [-0.25, -0.2) is 0 Å². The Labute approximate surface area is 144 Å². The molecule has 1 aliphatic carbocycles. The van der Waals surface area contributed by atoms with Crippen LogP contribution in [0.15, 0.2) is 48.5 Å². The first-order valence-electron chi connectivity index (χ1n) is 8.33. The zero-order valence-electron chi connectivity index (χ0n) is 13.7. The maximum atomic E-state index is 12.7. The van der Waals surface area contributed by atoms with Crippen LogP contribution in [-0.2, 0) is 14.4 Å². The smallest absolute Gasteiger partial charge is 0.316 e. The molecule has 0 radical (unpaired) electrons. The summed E-state index contributed by atoms with van der Waals surface area (Å²) in [5.74, 6) is -4.04. The van der Waals surface area contributed by atoms with Gasteiger partial charge < -0.3 is 10.0 Å². The number of amides is 1. The number of benzene rings is 2. The number of nitrogens with zero attached hydrogens (tertiary/aromatic N) is 1. The Morgan fingerprint density at radius 2 is 1.52 bits per heavy atom. The molecule has 1 saturated heterocycles. The fourth-order valence-electron chi connectivity index (χ4n) is 4.19. The van der Waals surface area contributed by atoms with Crippen molar-refractivity contribution in [2.24, 2.45) is 5.92 Å². The van der Waals surface area contributed by atoms with Crippen molar-refractivity contribution in [1.29, 1.82) is 0 Å². The topological polar surface area (TPSA) is 74.7 Å². The number of carboxylic acid groups (broad SMARTS) is 1. The third-order valence-electron chi connectivity index (χ3n) is 5.23. The van der Waals surface area contributed by atoms with Crippen LogP contribution in [0.25, 0.3) is 11.1 Å². The number of hydrogen-bond donors (Lipinski definition) is 1. The van der Waals surface area contributed by atoms with E-state index < -0.39 is 35.7 Å². The summed E-state index contributed by atoms with van der Waals surface area (Å²) in [7, 11) is 0. The summed E-state index contributed by atoms with van der Waals surface area (Å²) in [6.07, 6.45) is 0.412. The third-order valence-corrected chi connectivity index (χ3v) is 5.23. The lowest BCUT2D eigenvalue weighted by molar-refractivity contribution is -0.148. The van der Waals surface area contributed by atoms with Crippen LogP contribution in [0.4, 0.5) is 0 Å².